The molecule has 0 radical (unpaired) electrons. The standard InChI is InChI=1S/C28H31F4N5O3S2/c1-17-24(25(38)35-42-36(2)3)34-23(41-17)16-37(13-5-6-18-14-19(28(30,31)32)7-9-21(18)29)26(39)27(11-12-27)22-10-8-20(40-4)15-33-22/h7-10,14-15H,5-6,11-13,16H2,1-4H3,(H,35,38). The van der Waals surface area contributed by atoms with Crippen molar-refractivity contribution >= 4 is 35.3 Å². The third-order valence-corrected chi connectivity index (χ3v) is 8.46. The number of aromatic nitrogens is 2. The molecule has 226 valence electrons. The molecule has 0 atom stereocenters. The number of pyridine rings is 1. The van der Waals surface area contributed by atoms with Gasteiger partial charge in [0.1, 0.15) is 22.3 Å². The van der Waals surface area contributed by atoms with Crippen LogP contribution in [0.1, 0.15) is 56.5 Å². The Morgan fingerprint density at radius 3 is 2.52 bits per heavy atom. The second-order valence-electron chi connectivity index (χ2n) is 10.1. The number of methoxy groups -OCH3 is 1. The summed E-state index contributed by atoms with van der Waals surface area (Å²) in [6, 6.07) is 5.82. The zero-order chi connectivity index (χ0) is 30.7. The Balaban J connectivity index is 1.56. The molecule has 42 heavy (non-hydrogen) atoms. The van der Waals surface area contributed by atoms with Crippen molar-refractivity contribution in [3.05, 3.63) is 74.7 Å². The first-order valence-corrected chi connectivity index (χ1v) is 14.7. The summed E-state index contributed by atoms with van der Waals surface area (Å²) >= 11 is 2.40. The van der Waals surface area contributed by atoms with E-state index in [1.165, 1.54) is 18.4 Å². The minimum Gasteiger partial charge on any atom is -0.495 e. The zero-order valence-corrected chi connectivity index (χ0v) is 25.2. The highest BCUT2D eigenvalue weighted by Gasteiger charge is 2.54. The van der Waals surface area contributed by atoms with Crippen LogP contribution in [0.5, 0.6) is 5.75 Å². The van der Waals surface area contributed by atoms with Crippen molar-refractivity contribution in [2.45, 2.75) is 50.7 Å². The number of carbonyl (C=O) groups is 2. The summed E-state index contributed by atoms with van der Waals surface area (Å²) in [4.78, 5) is 37.8. The van der Waals surface area contributed by atoms with E-state index < -0.39 is 23.0 Å². The predicted octanol–water partition coefficient (Wildman–Crippen LogP) is 5.56. The minimum absolute atomic E-state index is 0.000367. The van der Waals surface area contributed by atoms with Crippen LogP contribution in [-0.2, 0) is 29.4 Å². The third-order valence-electron chi connectivity index (χ3n) is 6.86. The van der Waals surface area contributed by atoms with Gasteiger partial charge in [-0.25, -0.2) is 13.7 Å². The molecular weight excluding hydrogens is 594 g/mol. The molecule has 1 aromatic carbocycles. The molecule has 1 N–H and O–H groups in total. The molecule has 8 nitrogen and oxygen atoms in total. The fraction of sp³-hybridized carbons (Fsp3) is 0.429. The molecule has 2 heterocycles. The summed E-state index contributed by atoms with van der Waals surface area (Å²) < 4.78 is 63.6. The van der Waals surface area contributed by atoms with E-state index in [1.807, 2.05) is 0 Å². The molecule has 1 fully saturated rings. The number of thiazole rings is 1. The number of carbonyl (C=O) groups excluding carboxylic acids is 2. The summed E-state index contributed by atoms with van der Waals surface area (Å²) in [5.41, 5.74) is -0.995. The zero-order valence-electron chi connectivity index (χ0n) is 23.5. The lowest BCUT2D eigenvalue weighted by atomic mass is 9.99. The van der Waals surface area contributed by atoms with Crippen LogP contribution in [0.2, 0.25) is 0 Å². The highest BCUT2D eigenvalue weighted by Crippen LogP contribution is 2.49. The van der Waals surface area contributed by atoms with Crippen LogP contribution in [-0.4, -0.2) is 58.7 Å². The van der Waals surface area contributed by atoms with Gasteiger partial charge in [0.2, 0.25) is 5.91 Å². The SMILES string of the molecule is COc1ccc(C2(C(=O)N(CCCc3cc(C(F)(F)F)ccc3F)Cc3nc(C(=O)NSN(C)C)c(C)s3)CC2)nc1. The van der Waals surface area contributed by atoms with E-state index in [1.54, 1.807) is 48.6 Å². The van der Waals surface area contributed by atoms with Crippen LogP contribution >= 0.6 is 23.5 Å². The molecule has 4 rings (SSSR count). The van der Waals surface area contributed by atoms with Crippen LogP contribution in [0, 0.1) is 12.7 Å². The van der Waals surface area contributed by atoms with Crippen LogP contribution in [0.3, 0.4) is 0 Å². The van der Waals surface area contributed by atoms with E-state index in [2.05, 4.69) is 14.7 Å². The second kappa shape index (κ2) is 13.0. The Labute approximate surface area is 249 Å². The summed E-state index contributed by atoms with van der Waals surface area (Å²) in [6.45, 7) is 1.99. The Hall–Kier alpha value is -3.23. The van der Waals surface area contributed by atoms with Gasteiger partial charge in [0.05, 0.1) is 36.5 Å². The first-order valence-electron chi connectivity index (χ1n) is 13.1. The number of hydrogen-bond acceptors (Lipinski definition) is 8. The van der Waals surface area contributed by atoms with Gasteiger partial charge in [0, 0.05) is 23.6 Å². The van der Waals surface area contributed by atoms with Crippen molar-refractivity contribution in [2.75, 3.05) is 27.7 Å². The van der Waals surface area contributed by atoms with Crippen LogP contribution < -0.4 is 9.46 Å². The maximum absolute atomic E-state index is 14.4. The first-order chi connectivity index (χ1) is 19.8. The van der Waals surface area contributed by atoms with Gasteiger partial charge < -0.3 is 9.64 Å². The Bertz CT molecular complexity index is 1430. The van der Waals surface area contributed by atoms with Gasteiger partial charge >= 0.3 is 6.18 Å². The molecule has 1 aliphatic rings. The largest absolute Gasteiger partial charge is 0.495 e. The maximum atomic E-state index is 14.4. The number of benzene rings is 1. The Kier molecular flexibility index (Phi) is 9.78. The number of ether oxygens (including phenoxy) is 1. The first kappa shape index (κ1) is 31.7. The fourth-order valence-corrected chi connectivity index (χ4v) is 5.83. The van der Waals surface area contributed by atoms with E-state index in [4.69, 9.17) is 4.74 Å². The van der Waals surface area contributed by atoms with Crippen molar-refractivity contribution in [1.82, 2.24) is 23.9 Å². The predicted molar refractivity (Wildman–Crippen MR) is 152 cm³/mol. The maximum Gasteiger partial charge on any atom is 0.416 e. The molecule has 2 aromatic heterocycles. The molecule has 3 aromatic rings. The summed E-state index contributed by atoms with van der Waals surface area (Å²) in [5.74, 6) is -0.748. The van der Waals surface area contributed by atoms with Gasteiger partial charge in [0.25, 0.3) is 5.91 Å². The van der Waals surface area contributed by atoms with Crippen LogP contribution in [0.4, 0.5) is 17.6 Å². The van der Waals surface area contributed by atoms with Gasteiger partial charge in [-0.3, -0.25) is 19.3 Å². The lowest BCUT2D eigenvalue weighted by Crippen LogP contribution is -2.40. The molecule has 1 saturated carbocycles. The minimum atomic E-state index is -4.59. The normalized spacial score (nSPS) is 14.1. The highest BCUT2D eigenvalue weighted by molar-refractivity contribution is 7.95. The summed E-state index contributed by atoms with van der Waals surface area (Å²) in [6.07, 6.45) is -1.67. The van der Waals surface area contributed by atoms with Crippen molar-refractivity contribution in [3.8, 4) is 5.75 Å². The third kappa shape index (κ3) is 7.39. The molecular formula is C28H31F4N5O3S2. The molecule has 0 spiro atoms. The van der Waals surface area contributed by atoms with Gasteiger partial charge in [-0.15, -0.1) is 11.3 Å². The number of aryl methyl sites for hydroxylation is 2. The second-order valence-corrected chi connectivity index (χ2v) is 12.6. The number of nitrogens with zero attached hydrogens (tertiary/aromatic N) is 4. The van der Waals surface area contributed by atoms with Crippen LogP contribution in [0.15, 0.2) is 36.5 Å². The van der Waals surface area contributed by atoms with Crippen molar-refractivity contribution in [3.63, 3.8) is 0 Å². The van der Waals surface area contributed by atoms with E-state index in [0.29, 0.717) is 40.2 Å². The van der Waals surface area contributed by atoms with Crippen molar-refractivity contribution in [1.29, 1.82) is 0 Å². The lowest BCUT2D eigenvalue weighted by Gasteiger charge is -2.27. The average molecular weight is 626 g/mol. The highest BCUT2D eigenvalue weighted by atomic mass is 32.2. The number of amides is 2. The van der Waals surface area contributed by atoms with Gasteiger partial charge in [-0.05, 0) is 82.6 Å². The molecule has 2 amide bonds. The lowest BCUT2D eigenvalue weighted by molar-refractivity contribution is -0.137. The van der Waals surface area contributed by atoms with Crippen molar-refractivity contribution in [2.24, 2.45) is 0 Å². The Morgan fingerprint density at radius 1 is 1.19 bits per heavy atom. The number of hydrogen-bond donors (Lipinski definition) is 1. The number of alkyl halides is 3. The van der Waals surface area contributed by atoms with Crippen LogP contribution in [0.25, 0.3) is 0 Å². The topological polar surface area (TPSA) is 87.7 Å². The monoisotopic (exact) mass is 625 g/mol. The summed E-state index contributed by atoms with van der Waals surface area (Å²) in [7, 11) is 5.09. The molecule has 0 saturated heterocycles. The Morgan fingerprint density at radius 2 is 1.93 bits per heavy atom. The van der Waals surface area contributed by atoms with E-state index in [-0.39, 0.29) is 49.0 Å². The van der Waals surface area contributed by atoms with E-state index in [0.717, 1.165) is 24.3 Å². The average Bonchev–Trinajstić information content (AvgIpc) is 3.68. The summed E-state index contributed by atoms with van der Waals surface area (Å²) in [5, 5.41) is 0.532. The molecule has 0 aliphatic heterocycles. The number of halogens is 4. The molecule has 14 heteroatoms. The smallest absolute Gasteiger partial charge is 0.416 e. The van der Waals surface area contributed by atoms with E-state index >= 15 is 0 Å². The molecule has 0 bridgehead atoms. The van der Waals surface area contributed by atoms with Gasteiger partial charge in [-0.1, -0.05) is 0 Å². The number of rotatable bonds is 12. The van der Waals surface area contributed by atoms with Gasteiger partial charge in [0.15, 0.2) is 0 Å². The fourth-order valence-electron chi connectivity index (χ4n) is 4.52. The number of nitrogens with one attached hydrogen (secondary N) is 1. The van der Waals surface area contributed by atoms with Gasteiger partial charge in [-0.2, -0.15) is 13.2 Å². The van der Waals surface area contributed by atoms with E-state index in [9.17, 15) is 27.2 Å². The quantitative estimate of drug-likeness (QED) is 0.208. The van der Waals surface area contributed by atoms with Crippen molar-refractivity contribution < 1.29 is 31.9 Å². The molecule has 1 aliphatic carbocycles. The molecule has 0 unspecified atom stereocenters.